The lowest BCUT2D eigenvalue weighted by molar-refractivity contribution is -0.133. The van der Waals surface area contributed by atoms with Crippen LogP contribution in [0.4, 0.5) is 0 Å². The van der Waals surface area contributed by atoms with E-state index in [0.717, 1.165) is 23.6 Å². The lowest BCUT2D eigenvalue weighted by Gasteiger charge is -2.37. The Morgan fingerprint density at radius 1 is 1.55 bits per heavy atom. The highest BCUT2D eigenvalue weighted by Crippen LogP contribution is 2.69. The van der Waals surface area contributed by atoms with Crippen LogP contribution >= 0.6 is 0 Å². The van der Waals surface area contributed by atoms with Crippen molar-refractivity contribution in [1.82, 2.24) is 9.79 Å². The van der Waals surface area contributed by atoms with E-state index in [4.69, 9.17) is 0 Å². The third kappa shape index (κ3) is 1.79. The van der Waals surface area contributed by atoms with Crippen molar-refractivity contribution in [2.45, 2.75) is 51.6 Å². The average molecular weight is 328 g/mol. The maximum absolute atomic E-state index is 12.7. The van der Waals surface area contributed by atoms with Gasteiger partial charge in [0, 0.05) is 5.41 Å². The van der Waals surface area contributed by atoms with Gasteiger partial charge in [0.1, 0.15) is 6.04 Å². The van der Waals surface area contributed by atoms with Gasteiger partial charge in [-0.2, -0.15) is 5.48 Å². The average Bonchev–Trinajstić information content (AvgIpc) is 2.90. The van der Waals surface area contributed by atoms with Crippen LogP contribution in [0.1, 0.15) is 39.5 Å². The molecule has 0 radical (unpaired) electrons. The Bertz CT molecular complexity index is 615. The molecule has 1 spiro atoms. The molecule has 1 heterocycles. The summed E-state index contributed by atoms with van der Waals surface area (Å²) in [6, 6.07) is -1.22. The molecule has 3 fully saturated rings. The van der Waals surface area contributed by atoms with Crippen molar-refractivity contribution in [2.24, 2.45) is 16.7 Å². The molecule has 0 aromatic heterocycles. The fraction of sp³-hybridized carbons (Fsp3) is 0.800. The summed E-state index contributed by atoms with van der Waals surface area (Å²) in [6.07, 6.45) is 4.32. The van der Waals surface area contributed by atoms with Gasteiger partial charge in [0.15, 0.2) is 0 Å². The number of fused-ring (bicyclic) bond motifs is 1. The fourth-order valence-electron chi connectivity index (χ4n) is 5.11. The number of amides is 1. The second-order valence-corrected chi connectivity index (χ2v) is 9.31. The van der Waals surface area contributed by atoms with E-state index in [1.54, 1.807) is 0 Å². The number of hydrogen-bond donors (Lipinski definition) is 2. The predicted molar refractivity (Wildman–Crippen MR) is 81.5 cm³/mol. The van der Waals surface area contributed by atoms with Crippen LogP contribution in [0.25, 0.3) is 0 Å². The van der Waals surface area contributed by atoms with Crippen LogP contribution in [0.3, 0.4) is 0 Å². The van der Waals surface area contributed by atoms with Crippen LogP contribution in [0.15, 0.2) is 12.7 Å². The highest BCUT2D eigenvalue weighted by Gasteiger charge is 2.72. The molecule has 2 saturated carbocycles. The number of nitrogens with one attached hydrogen (secondary N) is 1. The van der Waals surface area contributed by atoms with Crippen LogP contribution in [0.5, 0.6) is 0 Å². The second kappa shape index (κ2) is 4.79. The Balaban J connectivity index is 2.00. The van der Waals surface area contributed by atoms with Gasteiger partial charge in [-0.25, -0.2) is 12.7 Å². The Kier molecular flexibility index (Phi) is 3.47. The Morgan fingerprint density at radius 2 is 2.23 bits per heavy atom. The molecule has 3 rings (SSSR count). The number of hydroxylamine groups is 1. The zero-order valence-corrected chi connectivity index (χ0v) is 13.9. The van der Waals surface area contributed by atoms with Crippen LogP contribution in [0, 0.1) is 16.7 Å². The normalized spacial score (nSPS) is 38.8. The van der Waals surface area contributed by atoms with Crippen molar-refractivity contribution in [3.63, 3.8) is 0 Å². The molecular weight excluding hydrogens is 304 g/mol. The fourth-order valence-corrected chi connectivity index (χ4v) is 7.68. The molecule has 0 aromatic carbocycles. The van der Waals surface area contributed by atoms with Crippen molar-refractivity contribution in [2.75, 3.05) is 5.75 Å². The summed E-state index contributed by atoms with van der Waals surface area (Å²) >= 11 is 0. The molecule has 1 aliphatic heterocycles. The highest BCUT2D eigenvalue weighted by molar-refractivity contribution is 7.90. The molecule has 2 N–H and O–H groups in total. The number of nitrogens with zero attached hydrogens (tertiary/aromatic N) is 1. The van der Waals surface area contributed by atoms with Crippen molar-refractivity contribution in [3.05, 3.63) is 12.7 Å². The first kappa shape index (κ1) is 16.0. The third-order valence-electron chi connectivity index (χ3n) is 6.48. The molecule has 1 amide bonds. The van der Waals surface area contributed by atoms with Gasteiger partial charge in [-0.3, -0.25) is 4.79 Å². The minimum absolute atomic E-state index is 0.0478. The molecule has 0 unspecified atom stereocenters. The number of carbonyl (C=O) groups is 1. The summed E-state index contributed by atoms with van der Waals surface area (Å²) in [5.74, 6) is -0.0533. The number of sulfonamides is 1. The number of carbonyl (C=O) groups excluding carboxylic acids is 1. The van der Waals surface area contributed by atoms with E-state index in [2.05, 4.69) is 20.4 Å². The number of hydrogen-bond acceptors (Lipinski definition) is 5. The van der Waals surface area contributed by atoms with Gasteiger partial charge in [-0.1, -0.05) is 19.9 Å². The van der Waals surface area contributed by atoms with Crippen molar-refractivity contribution in [1.29, 1.82) is 0 Å². The molecule has 4 atom stereocenters. The van der Waals surface area contributed by atoms with Crippen LogP contribution in [-0.2, 0) is 14.8 Å². The molecule has 124 valence electrons. The zero-order chi connectivity index (χ0) is 16.3. The summed E-state index contributed by atoms with van der Waals surface area (Å²) in [5, 5.41) is 9.19. The lowest BCUT2D eigenvalue weighted by Crippen LogP contribution is -2.51. The minimum atomic E-state index is -3.64. The molecule has 1 saturated heterocycles. The van der Waals surface area contributed by atoms with Gasteiger partial charge < -0.3 is 5.21 Å². The Labute approximate surface area is 131 Å². The van der Waals surface area contributed by atoms with Crippen LogP contribution in [-0.4, -0.2) is 41.7 Å². The van der Waals surface area contributed by atoms with Crippen molar-refractivity contribution in [3.8, 4) is 0 Å². The van der Waals surface area contributed by atoms with E-state index < -0.39 is 22.0 Å². The summed E-state index contributed by atoms with van der Waals surface area (Å²) in [6.45, 7) is 7.83. The predicted octanol–water partition coefficient (Wildman–Crippen LogP) is 1.28. The first-order valence-electron chi connectivity index (χ1n) is 7.78. The molecule has 22 heavy (non-hydrogen) atoms. The molecule has 2 aliphatic carbocycles. The molecule has 6 nitrogen and oxygen atoms in total. The Morgan fingerprint density at radius 3 is 2.77 bits per heavy atom. The number of rotatable bonds is 4. The zero-order valence-electron chi connectivity index (χ0n) is 13.1. The SMILES string of the molecule is C=CC[C@@H](NO)C(=O)N1[C@@H]2C[C@H]3CC[C@]2(CS1(=O)=O)C3(C)C. The maximum atomic E-state index is 12.7. The first-order valence-corrected chi connectivity index (χ1v) is 9.38. The molecule has 3 aliphatic rings. The molecule has 0 aromatic rings. The quantitative estimate of drug-likeness (QED) is 0.600. The van der Waals surface area contributed by atoms with Gasteiger partial charge in [-0.15, -0.1) is 6.58 Å². The summed E-state index contributed by atoms with van der Waals surface area (Å²) in [5.41, 5.74) is 1.53. The van der Waals surface area contributed by atoms with E-state index in [9.17, 15) is 18.4 Å². The van der Waals surface area contributed by atoms with Crippen molar-refractivity contribution >= 4 is 15.9 Å². The van der Waals surface area contributed by atoms with Crippen LogP contribution < -0.4 is 5.48 Å². The lowest BCUT2D eigenvalue weighted by atomic mass is 9.69. The molecule has 2 bridgehead atoms. The first-order chi connectivity index (χ1) is 10.2. The summed E-state index contributed by atoms with van der Waals surface area (Å²) in [7, 11) is -3.64. The van der Waals surface area contributed by atoms with E-state index in [1.807, 2.05) is 5.48 Å². The topological polar surface area (TPSA) is 86.7 Å². The molecular formula is C15H24N2O4S. The smallest absolute Gasteiger partial charge is 0.256 e. The van der Waals surface area contributed by atoms with E-state index in [0.29, 0.717) is 5.92 Å². The van der Waals surface area contributed by atoms with Gasteiger partial charge in [0.05, 0.1) is 11.8 Å². The largest absolute Gasteiger partial charge is 0.316 e. The third-order valence-corrected chi connectivity index (χ3v) is 8.40. The van der Waals surface area contributed by atoms with Gasteiger partial charge in [0.2, 0.25) is 10.0 Å². The summed E-state index contributed by atoms with van der Waals surface area (Å²) < 4.78 is 26.4. The van der Waals surface area contributed by atoms with Gasteiger partial charge in [-0.05, 0) is 37.0 Å². The summed E-state index contributed by atoms with van der Waals surface area (Å²) in [4.78, 5) is 12.7. The maximum Gasteiger partial charge on any atom is 0.256 e. The Hall–Kier alpha value is -0.920. The standard InChI is InChI=1S/C15H24N2O4S/c1-4-5-11(16-19)13(18)17-12-8-10-6-7-15(12,14(10,2)3)9-22(17,20)21/h4,10-12,16,19H,1,5-9H2,2-3H3/t10-,11-,12-,15-/m1/s1. The second-order valence-electron chi connectivity index (χ2n) is 7.46. The van der Waals surface area contributed by atoms with E-state index in [1.165, 1.54) is 6.08 Å². The highest BCUT2D eigenvalue weighted by atomic mass is 32.2. The molecule has 7 heteroatoms. The van der Waals surface area contributed by atoms with E-state index >= 15 is 0 Å². The minimum Gasteiger partial charge on any atom is -0.316 e. The van der Waals surface area contributed by atoms with Crippen LogP contribution in [0.2, 0.25) is 0 Å². The van der Waals surface area contributed by atoms with Gasteiger partial charge in [0.25, 0.3) is 5.91 Å². The van der Waals surface area contributed by atoms with Crippen molar-refractivity contribution < 1.29 is 18.4 Å². The monoisotopic (exact) mass is 328 g/mol. The van der Waals surface area contributed by atoms with Gasteiger partial charge >= 0.3 is 0 Å². The van der Waals surface area contributed by atoms with E-state index in [-0.39, 0.29) is 29.0 Å².